The van der Waals surface area contributed by atoms with Gasteiger partial charge in [-0.1, -0.05) is 0 Å². The first-order chi connectivity index (χ1) is 9.50. The molecule has 20 heavy (non-hydrogen) atoms. The number of rotatable bonds is 3. The summed E-state index contributed by atoms with van der Waals surface area (Å²) in [6, 6.07) is 8.67. The van der Waals surface area contributed by atoms with Crippen molar-refractivity contribution in [2.75, 3.05) is 19.7 Å². The standard InChI is InChI=1S/C15H18N2O3/c1-15(19)6-8-17(9-7-15)14(18)11-20-13-4-2-12(10-16)3-5-13/h2-5,19H,6-9,11H2,1H3. The van der Waals surface area contributed by atoms with Crippen LogP contribution in [-0.2, 0) is 4.79 Å². The van der Waals surface area contributed by atoms with Crippen molar-refractivity contribution in [3.8, 4) is 11.8 Å². The number of carbonyl (C=O) groups is 1. The Morgan fingerprint density at radius 1 is 1.40 bits per heavy atom. The van der Waals surface area contributed by atoms with Crippen molar-refractivity contribution in [1.82, 2.24) is 4.90 Å². The Labute approximate surface area is 118 Å². The van der Waals surface area contributed by atoms with Crippen molar-refractivity contribution < 1.29 is 14.6 Å². The molecular weight excluding hydrogens is 256 g/mol. The Hall–Kier alpha value is -2.06. The van der Waals surface area contributed by atoms with Gasteiger partial charge in [-0.15, -0.1) is 0 Å². The molecule has 1 aromatic rings. The van der Waals surface area contributed by atoms with E-state index in [4.69, 9.17) is 10.00 Å². The molecule has 1 aromatic carbocycles. The Morgan fingerprint density at radius 3 is 2.55 bits per heavy atom. The van der Waals surface area contributed by atoms with Crippen LogP contribution in [0.25, 0.3) is 0 Å². The molecule has 106 valence electrons. The molecule has 1 fully saturated rings. The van der Waals surface area contributed by atoms with E-state index in [1.54, 1.807) is 36.1 Å². The molecule has 1 aliphatic heterocycles. The van der Waals surface area contributed by atoms with Gasteiger partial charge < -0.3 is 14.7 Å². The van der Waals surface area contributed by atoms with Crippen molar-refractivity contribution in [1.29, 1.82) is 5.26 Å². The number of hydrogen-bond donors (Lipinski definition) is 1. The minimum atomic E-state index is -0.662. The first-order valence-electron chi connectivity index (χ1n) is 6.63. The molecule has 0 unspecified atom stereocenters. The number of likely N-dealkylation sites (tertiary alicyclic amines) is 1. The quantitative estimate of drug-likeness (QED) is 0.902. The number of aliphatic hydroxyl groups is 1. The Kier molecular flexibility index (Phi) is 4.26. The number of amides is 1. The van der Waals surface area contributed by atoms with E-state index in [0.29, 0.717) is 37.2 Å². The summed E-state index contributed by atoms with van der Waals surface area (Å²) in [5.41, 5.74) is -0.105. The van der Waals surface area contributed by atoms with E-state index in [9.17, 15) is 9.90 Å². The first-order valence-corrected chi connectivity index (χ1v) is 6.63. The van der Waals surface area contributed by atoms with Crippen molar-refractivity contribution in [3.05, 3.63) is 29.8 Å². The molecular formula is C15H18N2O3. The monoisotopic (exact) mass is 274 g/mol. The third-order valence-corrected chi connectivity index (χ3v) is 3.54. The van der Waals surface area contributed by atoms with Crippen LogP contribution < -0.4 is 4.74 Å². The Bertz CT molecular complexity index is 507. The second kappa shape index (κ2) is 5.93. The van der Waals surface area contributed by atoms with Gasteiger partial charge >= 0.3 is 0 Å². The van der Waals surface area contributed by atoms with Crippen molar-refractivity contribution in [2.24, 2.45) is 0 Å². The van der Waals surface area contributed by atoms with E-state index in [0.717, 1.165) is 0 Å². The molecule has 0 spiro atoms. The van der Waals surface area contributed by atoms with Crippen LogP contribution in [0.3, 0.4) is 0 Å². The summed E-state index contributed by atoms with van der Waals surface area (Å²) >= 11 is 0. The van der Waals surface area contributed by atoms with E-state index >= 15 is 0 Å². The maximum atomic E-state index is 12.0. The Morgan fingerprint density at radius 2 is 2.00 bits per heavy atom. The van der Waals surface area contributed by atoms with Crippen molar-refractivity contribution in [2.45, 2.75) is 25.4 Å². The molecule has 1 amide bonds. The third kappa shape index (κ3) is 3.72. The number of nitriles is 1. The number of hydrogen-bond acceptors (Lipinski definition) is 4. The minimum Gasteiger partial charge on any atom is -0.484 e. The fourth-order valence-corrected chi connectivity index (χ4v) is 2.10. The lowest BCUT2D eigenvalue weighted by Gasteiger charge is -2.35. The van der Waals surface area contributed by atoms with E-state index in [1.807, 2.05) is 6.07 Å². The largest absolute Gasteiger partial charge is 0.484 e. The summed E-state index contributed by atoms with van der Waals surface area (Å²) in [6.45, 7) is 2.89. The summed E-state index contributed by atoms with van der Waals surface area (Å²) < 4.78 is 5.41. The van der Waals surface area contributed by atoms with Crippen LogP contribution in [0.1, 0.15) is 25.3 Å². The van der Waals surface area contributed by atoms with Gasteiger partial charge in [0.2, 0.25) is 0 Å². The van der Waals surface area contributed by atoms with Gasteiger partial charge in [-0.2, -0.15) is 5.26 Å². The highest BCUT2D eigenvalue weighted by Gasteiger charge is 2.29. The van der Waals surface area contributed by atoms with E-state index in [2.05, 4.69) is 0 Å². The van der Waals surface area contributed by atoms with Gasteiger partial charge in [0.15, 0.2) is 6.61 Å². The SMILES string of the molecule is CC1(O)CCN(C(=O)COc2ccc(C#N)cc2)CC1. The minimum absolute atomic E-state index is 0.0198. The number of ether oxygens (including phenoxy) is 1. The molecule has 1 heterocycles. The van der Waals surface area contributed by atoms with E-state index in [-0.39, 0.29) is 12.5 Å². The lowest BCUT2D eigenvalue weighted by Crippen LogP contribution is -2.46. The van der Waals surface area contributed by atoms with Gasteiger partial charge in [0.25, 0.3) is 5.91 Å². The summed E-state index contributed by atoms with van der Waals surface area (Å²) in [5.74, 6) is 0.492. The van der Waals surface area contributed by atoms with Gasteiger partial charge in [0.05, 0.1) is 17.2 Å². The topological polar surface area (TPSA) is 73.6 Å². The van der Waals surface area contributed by atoms with Crippen LogP contribution in [0.2, 0.25) is 0 Å². The molecule has 0 atom stereocenters. The molecule has 5 nitrogen and oxygen atoms in total. The lowest BCUT2D eigenvalue weighted by molar-refractivity contribution is -0.137. The fourth-order valence-electron chi connectivity index (χ4n) is 2.10. The predicted octanol–water partition coefficient (Wildman–Crippen LogP) is 1.31. The van der Waals surface area contributed by atoms with Crippen LogP contribution >= 0.6 is 0 Å². The summed E-state index contributed by atoms with van der Waals surface area (Å²) in [6.07, 6.45) is 1.19. The summed E-state index contributed by atoms with van der Waals surface area (Å²) in [4.78, 5) is 13.7. The van der Waals surface area contributed by atoms with Gasteiger partial charge in [0.1, 0.15) is 5.75 Å². The van der Waals surface area contributed by atoms with Crippen molar-refractivity contribution in [3.63, 3.8) is 0 Å². The second-order valence-corrected chi connectivity index (χ2v) is 5.30. The van der Waals surface area contributed by atoms with Gasteiger partial charge in [-0.25, -0.2) is 0 Å². The zero-order chi connectivity index (χ0) is 14.6. The molecule has 0 bridgehead atoms. The van der Waals surface area contributed by atoms with Gasteiger partial charge in [-0.05, 0) is 44.0 Å². The van der Waals surface area contributed by atoms with E-state index in [1.165, 1.54) is 0 Å². The molecule has 2 rings (SSSR count). The average Bonchev–Trinajstić information content (AvgIpc) is 2.45. The number of benzene rings is 1. The van der Waals surface area contributed by atoms with Crippen molar-refractivity contribution >= 4 is 5.91 Å². The fraction of sp³-hybridized carbons (Fsp3) is 0.467. The summed E-state index contributed by atoms with van der Waals surface area (Å²) in [5, 5.41) is 18.5. The first kappa shape index (κ1) is 14.4. The number of nitrogens with zero attached hydrogens (tertiary/aromatic N) is 2. The molecule has 0 aliphatic carbocycles. The van der Waals surface area contributed by atoms with Crippen LogP contribution in [0.5, 0.6) is 5.75 Å². The average molecular weight is 274 g/mol. The molecule has 0 radical (unpaired) electrons. The highest BCUT2D eigenvalue weighted by Crippen LogP contribution is 2.21. The maximum Gasteiger partial charge on any atom is 0.260 e. The van der Waals surface area contributed by atoms with Crippen LogP contribution in [0, 0.1) is 11.3 Å². The van der Waals surface area contributed by atoms with E-state index < -0.39 is 5.60 Å². The third-order valence-electron chi connectivity index (χ3n) is 3.54. The second-order valence-electron chi connectivity index (χ2n) is 5.30. The molecule has 0 saturated carbocycles. The maximum absolute atomic E-state index is 12.0. The molecule has 1 aliphatic rings. The lowest BCUT2D eigenvalue weighted by atomic mass is 9.94. The molecule has 0 aromatic heterocycles. The summed E-state index contributed by atoms with van der Waals surface area (Å²) in [7, 11) is 0. The number of piperidine rings is 1. The van der Waals surface area contributed by atoms with Crippen LogP contribution in [-0.4, -0.2) is 41.2 Å². The molecule has 1 saturated heterocycles. The van der Waals surface area contributed by atoms with Gasteiger partial charge in [-0.3, -0.25) is 4.79 Å². The zero-order valence-corrected chi connectivity index (χ0v) is 11.5. The highest BCUT2D eigenvalue weighted by atomic mass is 16.5. The highest BCUT2D eigenvalue weighted by molar-refractivity contribution is 5.77. The predicted molar refractivity (Wildman–Crippen MR) is 73.1 cm³/mol. The molecule has 1 N–H and O–H groups in total. The number of carbonyl (C=O) groups excluding carboxylic acids is 1. The molecule has 5 heteroatoms. The normalized spacial score (nSPS) is 17.4. The van der Waals surface area contributed by atoms with Crippen LogP contribution in [0.15, 0.2) is 24.3 Å². The smallest absolute Gasteiger partial charge is 0.260 e. The Balaban J connectivity index is 1.82. The zero-order valence-electron chi connectivity index (χ0n) is 11.5. The van der Waals surface area contributed by atoms with Crippen LogP contribution in [0.4, 0.5) is 0 Å². The van der Waals surface area contributed by atoms with Gasteiger partial charge in [0, 0.05) is 13.1 Å².